The van der Waals surface area contributed by atoms with E-state index in [1.165, 1.54) is 0 Å². The highest BCUT2D eigenvalue weighted by molar-refractivity contribution is 5.44. The van der Waals surface area contributed by atoms with Crippen LogP contribution in [-0.2, 0) is 4.74 Å². The lowest BCUT2D eigenvalue weighted by molar-refractivity contribution is 0.122. The molecular formula is C13H24N6O. The van der Waals surface area contributed by atoms with Crippen molar-refractivity contribution in [2.75, 3.05) is 54.9 Å². The molecule has 1 aromatic rings. The predicted molar refractivity (Wildman–Crippen MR) is 80.4 cm³/mol. The minimum absolute atomic E-state index is 0.641. The first kappa shape index (κ1) is 14.8. The van der Waals surface area contributed by atoms with Crippen LogP contribution in [0.5, 0.6) is 0 Å². The van der Waals surface area contributed by atoms with Crippen LogP contribution >= 0.6 is 0 Å². The molecule has 0 amide bonds. The van der Waals surface area contributed by atoms with E-state index >= 15 is 0 Å². The molecular weight excluding hydrogens is 256 g/mol. The van der Waals surface area contributed by atoms with Crippen LogP contribution in [-0.4, -0.2) is 54.3 Å². The van der Waals surface area contributed by atoms with E-state index in [0.717, 1.165) is 58.2 Å². The van der Waals surface area contributed by atoms with Gasteiger partial charge in [-0.05, 0) is 12.8 Å². The highest BCUT2D eigenvalue weighted by Gasteiger charge is 2.16. The lowest BCUT2D eigenvalue weighted by atomic mass is 10.4. The van der Waals surface area contributed by atoms with Gasteiger partial charge in [0, 0.05) is 26.2 Å². The maximum atomic E-state index is 5.37. The molecule has 0 saturated carbocycles. The van der Waals surface area contributed by atoms with Crippen molar-refractivity contribution in [1.29, 1.82) is 0 Å². The molecule has 0 aliphatic carbocycles. The van der Waals surface area contributed by atoms with Crippen molar-refractivity contribution >= 4 is 17.8 Å². The molecule has 0 spiro atoms. The summed E-state index contributed by atoms with van der Waals surface area (Å²) in [5.74, 6) is 2.00. The molecule has 2 rings (SSSR count). The summed E-state index contributed by atoms with van der Waals surface area (Å²) in [6.07, 6.45) is 2.08. The van der Waals surface area contributed by atoms with Crippen molar-refractivity contribution in [2.24, 2.45) is 0 Å². The first-order valence-corrected chi connectivity index (χ1v) is 7.40. The molecule has 0 bridgehead atoms. The summed E-state index contributed by atoms with van der Waals surface area (Å²) in [6, 6.07) is 0. The van der Waals surface area contributed by atoms with Gasteiger partial charge in [0.05, 0.1) is 13.2 Å². The molecule has 1 fully saturated rings. The van der Waals surface area contributed by atoms with Crippen molar-refractivity contribution < 1.29 is 4.74 Å². The zero-order valence-corrected chi connectivity index (χ0v) is 12.4. The molecule has 2 heterocycles. The first-order chi connectivity index (χ1) is 9.83. The summed E-state index contributed by atoms with van der Waals surface area (Å²) < 4.78 is 5.37. The largest absolute Gasteiger partial charge is 0.378 e. The van der Waals surface area contributed by atoms with E-state index in [4.69, 9.17) is 4.74 Å². The summed E-state index contributed by atoms with van der Waals surface area (Å²) in [5, 5.41) is 6.46. The average molecular weight is 280 g/mol. The molecule has 1 saturated heterocycles. The third kappa shape index (κ3) is 4.19. The number of aromatic nitrogens is 3. The molecule has 0 atom stereocenters. The van der Waals surface area contributed by atoms with Gasteiger partial charge in [0.15, 0.2) is 0 Å². The van der Waals surface area contributed by atoms with E-state index in [0.29, 0.717) is 11.9 Å². The van der Waals surface area contributed by atoms with Gasteiger partial charge in [-0.3, -0.25) is 0 Å². The molecule has 20 heavy (non-hydrogen) atoms. The van der Waals surface area contributed by atoms with Crippen LogP contribution in [0.25, 0.3) is 0 Å². The van der Waals surface area contributed by atoms with Gasteiger partial charge in [0.2, 0.25) is 17.8 Å². The normalized spacial score (nSPS) is 15.2. The van der Waals surface area contributed by atoms with Crippen LogP contribution in [0.15, 0.2) is 0 Å². The lowest BCUT2D eigenvalue weighted by Crippen LogP contribution is -2.37. The smallest absolute Gasteiger partial charge is 0.232 e. The monoisotopic (exact) mass is 280 g/mol. The quantitative estimate of drug-likeness (QED) is 0.781. The van der Waals surface area contributed by atoms with Gasteiger partial charge in [0.25, 0.3) is 0 Å². The Morgan fingerprint density at radius 1 is 0.950 bits per heavy atom. The van der Waals surface area contributed by atoms with Gasteiger partial charge in [-0.25, -0.2) is 0 Å². The number of anilines is 3. The number of ether oxygens (including phenoxy) is 1. The van der Waals surface area contributed by atoms with E-state index in [1.54, 1.807) is 0 Å². The minimum atomic E-state index is 0.641. The maximum Gasteiger partial charge on any atom is 0.232 e. The topological polar surface area (TPSA) is 75.2 Å². The van der Waals surface area contributed by atoms with Crippen molar-refractivity contribution in [3.63, 3.8) is 0 Å². The van der Waals surface area contributed by atoms with Gasteiger partial charge >= 0.3 is 0 Å². The van der Waals surface area contributed by atoms with E-state index in [9.17, 15) is 0 Å². The van der Waals surface area contributed by atoms with E-state index in [1.807, 2.05) is 0 Å². The SMILES string of the molecule is CCCNc1nc(NCCC)nc(N2CCOCC2)n1. The number of hydrogen-bond donors (Lipinski definition) is 2. The van der Waals surface area contributed by atoms with E-state index in [2.05, 4.69) is 44.3 Å². The Kier molecular flexibility index (Phi) is 5.79. The van der Waals surface area contributed by atoms with Gasteiger partial charge in [-0.1, -0.05) is 13.8 Å². The molecule has 1 aliphatic rings. The van der Waals surface area contributed by atoms with Gasteiger partial charge in [0.1, 0.15) is 0 Å². The lowest BCUT2D eigenvalue weighted by Gasteiger charge is -2.27. The third-order valence-electron chi connectivity index (χ3n) is 2.98. The van der Waals surface area contributed by atoms with Crippen LogP contribution in [0.4, 0.5) is 17.8 Å². The van der Waals surface area contributed by atoms with E-state index < -0.39 is 0 Å². The first-order valence-electron chi connectivity index (χ1n) is 7.40. The van der Waals surface area contributed by atoms with Gasteiger partial charge < -0.3 is 20.3 Å². The highest BCUT2D eigenvalue weighted by Crippen LogP contribution is 2.15. The summed E-state index contributed by atoms with van der Waals surface area (Å²) in [7, 11) is 0. The van der Waals surface area contributed by atoms with E-state index in [-0.39, 0.29) is 0 Å². The van der Waals surface area contributed by atoms with Crippen LogP contribution in [0.3, 0.4) is 0 Å². The van der Waals surface area contributed by atoms with Crippen LogP contribution in [0.2, 0.25) is 0 Å². The Bertz CT molecular complexity index is 382. The summed E-state index contributed by atoms with van der Waals surface area (Å²) >= 11 is 0. The van der Waals surface area contributed by atoms with Crippen LogP contribution in [0.1, 0.15) is 26.7 Å². The maximum absolute atomic E-state index is 5.37. The molecule has 0 aromatic carbocycles. The second-order valence-electron chi connectivity index (χ2n) is 4.74. The van der Waals surface area contributed by atoms with Crippen molar-refractivity contribution in [3.05, 3.63) is 0 Å². The second kappa shape index (κ2) is 7.84. The molecule has 7 nitrogen and oxygen atoms in total. The van der Waals surface area contributed by atoms with Gasteiger partial charge in [-0.15, -0.1) is 0 Å². The Labute approximate surface area is 120 Å². The molecule has 0 radical (unpaired) electrons. The number of nitrogens with zero attached hydrogens (tertiary/aromatic N) is 4. The molecule has 7 heteroatoms. The molecule has 2 N–H and O–H groups in total. The number of hydrogen-bond acceptors (Lipinski definition) is 7. The highest BCUT2D eigenvalue weighted by atomic mass is 16.5. The summed E-state index contributed by atoms with van der Waals surface area (Å²) in [6.45, 7) is 9.05. The third-order valence-corrected chi connectivity index (χ3v) is 2.98. The van der Waals surface area contributed by atoms with Crippen LogP contribution in [0, 0.1) is 0 Å². The fourth-order valence-corrected chi connectivity index (χ4v) is 1.90. The Morgan fingerprint density at radius 3 is 2.00 bits per heavy atom. The minimum Gasteiger partial charge on any atom is -0.378 e. The van der Waals surface area contributed by atoms with Crippen molar-refractivity contribution in [3.8, 4) is 0 Å². The Morgan fingerprint density at radius 2 is 1.50 bits per heavy atom. The number of rotatable bonds is 7. The summed E-state index contributed by atoms with van der Waals surface area (Å²) in [4.78, 5) is 15.5. The van der Waals surface area contributed by atoms with Gasteiger partial charge in [-0.2, -0.15) is 15.0 Å². The molecule has 1 aliphatic heterocycles. The zero-order valence-electron chi connectivity index (χ0n) is 12.4. The standard InChI is InChI=1S/C13H24N6O/c1-3-5-14-11-16-12(15-6-4-2)18-13(17-11)19-7-9-20-10-8-19/h3-10H2,1-2H3,(H2,14,15,16,17,18). The predicted octanol–water partition coefficient (Wildman–Crippen LogP) is 1.35. The number of morpholine rings is 1. The van der Waals surface area contributed by atoms with Crippen LogP contribution < -0.4 is 15.5 Å². The van der Waals surface area contributed by atoms with Crippen molar-refractivity contribution in [1.82, 2.24) is 15.0 Å². The Balaban J connectivity index is 2.14. The average Bonchev–Trinajstić information content (AvgIpc) is 2.51. The fourth-order valence-electron chi connectivity index (χ4n) is 1.90. The molecule has 1 aromatic heterocycles. The summed E-state index contributed by atoms with van der Waals surface area (Å²) in [5.41, 5.74) is 0. The molecule has 0 unspecified atom stereocenters. The molecule has 112 valence electrons. The number of nitrogens with one attached hydrogen (secondary N) is 2. The zero-order chi connectivity index (χ0) is 14.2. The Hall–Kier alpha value is -1.63. The fraction of sp³-hybridized carbons (Fsp3) is 0.769. The van der Waals surface area contributed by atoms with Crippen molar-refractivity contribution in [2.45, 2.75) is 26.7 Å². The second-order valence-corrected chi connectivity index (χ2v) is 4.74.